The fraction of sp³-hybridized carbons (Fsp3) is 0.636. The molecular weight excluding hydrogens is 340 g/mol. The molecule has 1 aromatic rings. The molecule has 0 aromatic heterocycles. The molecule has 0 spiro atoms. The van der Waals surface area contributed by atoms with Crippen LogP contribution in [0.1, 0.15) is 68.3 Å². The van der Waals surface area contributed by atoms with Crippen molar-refractivity contribution in [2.75, 3.05) is 19.8 Å². The minimum atomic E-state index is -0.169. The minimum absolute atomic E-state index is 0.0258. The molecule has 3 heterocycles. The van der Waals surface area contributed by atoms with Crippen molar-refractivity contribution >= 4 is 11.8 Å². The van der Waals surface area contributed by atoms with E-state index < -0.39 is 0 Å². The molecule has 2 saturated heterocycles. The Morgan fingerprint density at radius 2 is 2.07 bits per heavy atom. The topological polar surface area (TPSA) is 58.6 Å². The monoisotopic (exact) mass is 370 g/mol. The molecule has 5 nitrogen and oxygen atoms in total. The van der Waals surface area contributed by atoms with Gasteiger partial charge in [-0.2, -0.15) is 0 Å². The van der Waals surface area contributed by atoms with Crippen molar-refractivity contribution in [2.45, 2.75) is 64.5 Å². The lowest BCUT2D eigenvalue weighted by Gasteiger charge is -2.33. The predicted octanol–water partition coefficient (Wildman–Crippen LogP) is 2.86. The number of rotatable bonds is 2. The van der Waals surface area contributed by atoms with Crippen molar-refractivity contribution in [1.29, 1.82) is 0 Å². The number of benzene rings is 1. The molecule has 0 unspecified atom stereocenters. The van der Waals surface area contributed by atoms with Crippen LogP contribution >= 0.6 is 0 Å². The molecule has 0 radical (unpaired) electrons. The van der Waals surface area contributed by atoms with Crippen LogP contribution in [0.3, 0.4) is 0 Å². The molecule has 3 aliphatic heterocycles. The highest BCUT2D eigenvalue weighted by atomic mass is 16.5. The van der Waals surface area contributed by atoms with E-state index in [1.807, 2.05) is 0 Å². The predicted molar refractivity (Wildman–Crippen MR) is 103 cm³/mol. The van der Waals surface area contributed by atoms with Gasteiger partial charge in [-0.1, -0.05) is 32.9 Å². The van der Waals surface area contributed by atoms with Gasteiger partial charge in [-0.15, -0.1) is 0 Å². The zero-order valence-electron chi connectivity index (χ0n) is 16.6. The molecule has 5 heteroatoms. The highest BCUT2D eigenvalue weighted by Crippen LogP contribution is 2.36. The molecule has 1 N–H and O–H groups in total. The fourth-order valence-corrected chi connectivity index (χ4v) is 4.46. The van der Waals surface area contributed by atoms with Gasteiger partial charge < -0.3 is 10.1 Å². The van der Waals surface area contributed by atoms with Crippen LogP contribution in [0.2, 0.25) is 0 Å². The fourth-order valence-electron chi connectivity index (χ4n) is 4.46. The van der Waals surface area contributed by atoms with Gasteiger partial charge in [-0.25, -0.2) is 0 Å². The molecule has 0 saturated carbocycles. The van der Waals surface area contributed by atoms with E-state index in [9.17, 15) is 9.59 Å². The summed E-state index contributed by atoms with van der Waals surface area (Å²) in [5.41, 5.74) is 4.84. The Kier molecular flexibility index (Phi) is 4.85. The van der Waals surface area contributed by atoms with E-state index >= 15 is 0 Å². The number of carbonyl (C=O) groups is 2. The quantitative estimate of drug-likeness (QED) is 0.814. The Morgan fingerprint density at radius 3 is 2.70 bits per heavy atom. The molecule has 4 rings (SSSR count). The maximum atomic E-state index is 12.9. The Hall–Kier alpha value is -1.72. The number of hydrogen-bond donors (Lipinski definition) is 1. The van der Waals surface area contributed by atoms with Crippen molar-refractivity contribution in [2.24, 2.45) is 5.92 Å². The lowest BCUT2D eigenvalue weighted by atomic mass is 9.80. The highest BCUT2D eigenvalue weighted by Gasteiger charge is 2.36. The molecular formula is C22H30N2O3. The van der Waals surface area contributed by atoms with Gasteiger partial charge in [0.05, 0.1) is 25.5 Å². The molecule has 1 aromatic carbocycles. The summed E-state index contributed by atoms with van der Waals surface area (Å²) in [5.74, 6) is -0.302. The second kappa shape index (κ2) is 7.02. The van der Waals surface area contributed by atoms with Crippen molar-refractivity contribution in [3.8, 4) is 0 Å². The number of imide groups is 1. The Bertz CT molecular complexity index is 754. The third kappa shape index (κ3) is 3.55. The van der Waals surface area contributed by atoms with Crippen LogP contribution in [0.4, 0.5) is 0 Å². The highest BCUT2D eigenvalue weighted by molar-refractivity contribution is 5.98. The number of carbonyl (C=O) groups excluding carboxylic acids is 2. The summed E-state index contributed by atoms with van der Waals surface area (Å²) in [4.78, 5) is 27.2. The van der Waals surface area contributed by atoms with E-state index in [0.29, 0.717) is 32.2 Å². The number of fused-ring (bicyclic) bond motifs is 1. The Morgan fingerprint density at radius 1 is 1.26 bits per heavy atom. The Labute approximate surface area is 161 Å². The standard InChI is InChI=1S/C22H30N2O3/c1-22(2,3)16-9-15-12-24(21(26)14-6-8-27-13-14)20(25)11-17(15)18(10-16)19-5-4-7-23-19/h9-10,14,19,23H,4-8,11-13H2,1-3H3/t14-,19+/m1/s1. The largest absolute Gasteiger partial charge is 0.381 e. The van der Waals surface area contributed by atoms with E-state index in [-0.39, 0.29) is 23.1 Å². The van der Waals surface area contributed by atoms with Crippen LogP contribution in [-0.4, -0.2) is 36.5 Å². The van der Waals surface area contributed by atoms with Crippen molar-refractivity contribution in [3.63, 3.8) is 0 Å². The Balaban J connectivity index is 1.71. The zero-order valence-corrected chi connectivity index (χ0v) is 16.6. The average Bonchev–Trinajstić information content (AvgIpc) is 3.32. The van der Waals surface area contributed by atoms with Crippen molar-refractivity contribution < 1.29 is 14.3 Å². The third-order valence-corrected chi connectivity index (χ3v) is 6.18. The van der Waals surface area contributed by atoms with Crippen LogP contribution in [-0.2, 0) is 32.7 Å². The summed E-state index contributed by atoms with van der Waals surface area (Å²) in [5, 5.41) is 3.59. The van der Waals surface area contributed by atoms with Gasteiger partial charge >= 0.3 is 0 Å². The normalized spacial score (nSPS) is 25.7. The number of nitrogens with one attached hydrogen (secondary N) is 1. The van der Waals surface area contributed by atoms with Gasteiger partial charge in [-0.3, -0.25) is 14.5 Å². The first-order chi connectivity index (χ1) is 12.8. The zero-order chi connectivity index (χ0) is 19.2. The molecule has 3 aliphatic rings. The molecule has 0 aliphatic carbocycles. The van der Waals surface area contributed by atoms with E-state index in [0.717, 1.165) is 30.5 Å². The van der Waals surface area contributed by atoms with Gasteiger partial charge in [0.25, 0.3) is 0 Å². The number of amides is 2. The van der Waals surface area contributed by atoms with Crippen LogP contribution in [0.25, 0.3) is 0 Å². The smallest absolute Gasteiger partial charge is 0.235 e. The summed E-state index contributed by atoms with van der Waals surface area (Å²) >= 11 is 0. The summed E-state index contributed by atoms with van der Waals surface area (Å²) in [7, 11) is 0. The van der Waals surface area contributed by atoms with Gasteiger partial charge in [0.1, 0.15) is 0 Å². The number of ether oxygens (including phenoxy) is 1. The number of hydrogen-bond acceptors (Lipinski definition) is 4. The number of nitrogens with zero attached hydrogens (tertiary/aromatic N) is 1. The summed E-state index contributed by atoms with van der Waals surface area (Å²) < 4.78 is 5.36. The third-order valence-electron chi connectivity index (χ3n) is 6.18. The summed E-state index contributed by atoms with van der Waals surface area (Å²) in [6.45, 7) is 9.12. The van der Waals surface area contributed by atoms with Crippen molar-refractivity contribution in [3.05, 3.63) is 34.4 Å². The lowest BCUT2D eigenvalue weighted by molar-refractivity contribution is -0.148. The first kappa shape index (κ1) is 18.6. The first-order valence-corrected chi connectivity index (χ1v) is 10.2. The molecule has 146 valence electrons. The lowest BCUT2D eigenvalue weighted by Crippen LogP contribution is -2.44. The van der Waals surface area contributed by atoms with Crippen LogP contribution in [0, 0.1) is 5.92 Å². The van der Waals surface area contributed by atoms with Gasteiger partial charge in [-0.05, 0) is 53.5 Å². The summed E-state index contributed by atoms with van der Waals surface area (Å²) in [6, 6.07) is 4.82. The van der Waals surface area contributed by atoms with Crippen LogP contribution < -0.4 is 5.32 Å². The van der Waals surface area contributed by atoms with Gasteiger partial charge in [0.15, 0.2) is 0 Å². The average molecular weight is 370 g/mol. The van der Waals surface area contributed by atoms with E-state index in [1.54, 1.807) is 0 Å². The van der Waals surface area contributed by atoms with Crippen LogP contribution in [0.5, 0.6) is 0 Å². The first-order valence-electron chi connectivity index (χ1n) is 10.2. The second-order valence-electron chi connectivity index (χ2n) is 9.16. The van der Waals surface area contributed by atoms with Crippen molar-refractivity contribution in [1.82, 2.24) is 10.2 Å². The van der Waals surface area contributed by atoms with E-state index in [2.05, 4.69) is 38.2 Å². The maximum Gasteiger partial charge on any atom is 0.235 e. The molecule has 27 heavy (non-hydrogen) atoms. The van der Waals surface area contributed by atoms with Crippen LogP contribution in [0.15, 0.2) is 12.1 Å². The second-order valence-corrected chi connectivity index (χ2v) is 9.16. The molecule has 2 fully saturated rings. The van der Waals surface area contributed by atoms with Gasteiger partial charge in [0.2, 0.25) is 11.8 Å². The van der Waals surface area contributed by atoms with Gasteiger partial charge in [0, 0.05) is 12.6 Å². The molecule has 2 atom stereocenters. The SMILES string of the molecule is CC(C)(C)c1cc2c(c([C@@H]3CCCN3)c1)CC(=O)N(C(=O)[C@@H]1CCOC1)C2. The van der Waals surface area contributed by atoms with E-state index in [1.165, 1.54) is 22.4 Å². The molecule has 0 bridgehead atoms. The van der Waals surface area contributed by atoms with E-state index in [4.69, 9.17) is 4.74 Å². The molecule has 2 amide bonds. The minimum Gasteiger partial charge on any atom is -0.381 e. The summed E-state index contributed by atoms with van der Waals surface area (Å²) in [6.07, 6.45) is 3.32. The maximum absolute atomic E-state index is 12.9.